The van der Waals surface area contributed by atoms with Crippen LogP contribution in [0.25, 0.3) is 0 Å². The van der Waals surface area contributed by atoms with Crippen molar-refractivity contribution in [2.45, 2.75) is 59.3 Å². The van der Waals surface area contributed by atoms with Crippen LogP contribution in [0.1, 0.15) is 53.0 Å². The first-order valence-electron chi connectivity index (χ1n) is 9.21. The fourth-order valence-electron chi connectivity index (χ4n) is 2.71. The molecule has 0 aromatic heterocycles. The first-order valence-corrected chi connectivity index (χ1v) is 10.0. The fourth-order valence-corrected chi connectivity index (χ4v) is 3.51. The first kappa shape index (κ1) is 21.6. The van der Waals surface area contributed by atoms with Crippen LogP contribution in [0.2, 0.25) is 0 Å². The molecular weight excluding hydrogens is 332 g/mol. The maximum atomic E-state index is 11.7. The third kappa shape index (κ3) is 6.38. The Morgan fingerprint density at radius 1 is 1.20 bits per heavy atom. The number of rotatable bonds is 5. The molecule has 0 spiro atoms. The summed E-state index contributed by atoms with van der Waals surface area (Å²) in [6, 6.07) is 6.33. The van der Waals surface area contributed by atoms with Crippen molar-refractivity contribution >= 4 is 29.3 Å². The molecule has 0 atom stereocenters. The van der Waals surface area contributed by atoms with Crippen LogP contribution in [0.4, 0.5) is 5.69 Å². The number of Topliss-reactive ketones (excluding diaryl/α,β-unsaturated/α-hetero) is 1. The minimum absolute atomic E-state index is 0.00958. The number of carbonyl (C=O) groups excluding carboxylic acids is 2. The Kier molecular flexibility index (Phi) is 9.04. The highest BCUT2D eigenvalue weighted by atomic mass is 32.2. The zero-order chi connectivity index (χ0) is 19.0. The van der Waals surface area contributed by atoms with Gasteiger partial charge in [-0.3, -0.25) is 14.3 Å². The fraction of sp³-hybridized carbons (Fsp3) is 0.600. The zero-order valence-electron chi connectivity index (χ0n) is 16.4. The van der Waals surface area contributed by atoms with Gasteiger partial charge in [-0.25, -0.2) is 0 Å². The van der Waals surface area contributed by atoms with Crippen LogP contribution in [0.3, 0.4) is 0 Å². The molecule has 0 saturated carbocycles. The molecule has 0 unspecified atom stereocenters. The second-order valence-electron chi connectivity index (χ2n) is 6.54. The van der Waals surface area contributed by atoms with Gasteiger partial charge in [-0.2, -0.15) is 0 Å². The van der Waals surface area contributed by atoms with Gasteiger partial charge >= 0.3 is 0 Å². The number of piperidine rings is 1. The Bertz CT molecular complexity index is 579. The predicted octanol–water partition coefficient (Wildman–Crippen LogP) is 4.61. The third-order valence-corrected chi connectivity index (χ3v) is 5.36. The SMILES string of the molecule is CC.CC(=O)C1CCN(c2ccc(SNC(=O)C(C)C)c(C)c2)CC1. The van der Waals surface area contributed by atoms with E-state index in [2.05, 4.69) is 34.7 Å². The van der Waals surface area contributed by atoms with Gasteiger partial charge in [0.25, 0.3) is 0 Å². The van der Waals surface area contributed by atoms with Gasteiger partial charge in [-0.05, 0) is 62.4 Å². The van der Waals surface area contributed by atoms with E-state index < -0.39 is 0 Å². The van der Waals surface area contributed by atoms with E-state index in [9.17, 15) is 9.59 Å². The lowest BCUT2D eigenvalue weighted by Crippen LogP contribution is -2.35. The number of amides is 1. The van der Waals surface area contributed by atoms with Gasteiger partial charge in [0.1, 0.15) is 5.78 Å². The number of carbonyl (C=O) groups is 2. The van der Waals surface area contributed by atoms with E-state index in [1.165, 1.54) is 17.6 Å². The summed E-state index contributed by atoms with van der Waals surface area (Å²) in [5, 5.41) is 0. The van der Waals surface area contributed by atoms with Crippen molar-refractivity contribution in [2.75, 3.05) is 18.0 Å². The van der Waals surface area contributed by atoms with Crippen LogP contribution in [0.5, 0.6) is 0 Å². The molecule has 0 bridgehead atoms. The Labute approximate surface area is 156 Å². The van der Waals surface area contributed by atoms with Crippen molar-refractivity contribution in [3.8, 4) is 0 Å². The Hall–Kier alpha value is -1.49. The molecule has 2 rings (SSSR count). The number of nitrogens with zero attached hydrogens (tertiary/aromatic N) is 1. The highest BCUT2D eigenvalue weighted by Crippen LogP contribution is 2.28. The monoisotopic (exact) mass is 364 g/mol. The van der Waals surface area contributed by atoms with Gasteiger partial charge in [-0.1, -0.05) is 27.7 Å². The molecule has 1 aliphatic rings. The van der Waals surface area contributed by atoms with Gasteiger partial charge in [0.15, 0.2) is 0 Å². The van der Waals surface area contributed by atoms with Crippen molar-refractivity contribution in [3.63, 3.8) is 0 Å². The number of hydrogen-bond acceptors (Lipinski definition) is 4. The van der Waals surface area contributed by atoms with E-state index in [-0.39, 0.29) is 17.7 Å². The summed E-state index contributed by atoms with van der Waals surface area (Å²) in [5.74, 6) is 0.580. The summed E-state index contributed by atoms with van der Waals surface area (Å²) in [4.78, 5) is 26.5. The molecule has 1 aromatic carbocycles. The summed E-state index contributed by atoms with van der Waals surface area (Å²) in [6.45, 7) is 13.4. The Balaban J connectivity index is 0.00000151. The molecule has 1 fully saturated rings. The minimum Gasteiger partial charge on any atom is -0.371 e. The van der Waals surface area contributed by atoms with Crippen LogP contribution in [0, 0.1) is 18.8 Å². The van der Waals surface area contributed by atoms with E-state index in [0.717, 1.165) is 36.4 Å². The molecular formula is C20H32N2O2S. The molecule has 1 amide bonds. The summed E-state index contributed by atoms with van der Waals surface area (Å²) < 4.78 is 2.88. The summed E-state index contributed by atoms with van der Waals surface area (Å²) in [6.07, 6.45) is 1.88. The molecule has 25 heavy (non-hydrogen) atoms. The molecule has 1 aromatic rings. The van der Waals surface area contributed by atoms with Crippen molar-refractivity contribution in [2.24, 2.45) is 11.8 Å². The molecule has 140 valence electrons. The quantitative estimate of drug-likeness (QED) is 0.775. The third-order valence-electron chi connectivity index (χ3n) is 4.38. The van der Waals surface area contributed by atoms with Gasteiger partial charge in [-0.15, -0.1) is 0 Å². The van der Waals surface area contributed by atoms with E-state index >= 15 is 0 Å². The standard InChI is InChI=1S/C18H26N2O2S.C2H6/c1-12(2)18(22)19-23-17-6-5-16(11-13(17)3)20-9-7-15(8-10-20)14(4)21;1-2/h5-6,11-12,15H,7-10H2,1-4H3,(H,19,22);1-2H3. The number of anilines is 1. The van der Waals surface area contributed by atoms with Crippen LogP contribution < -0.4 is 9.62 Å². The molecule has 5 heteroatoms. The lowest BCUT2D eigenvalue weighted by molar-refractivity contribution is -0.122. The van der Waals surface area contributed by atoms with Crippen LogP contribution in [-0.4, -0.2) is 24.8 Å². The lowest BCUT2D eigenvalue weighted by Gasteiger charge is -2.33. The number of hydrogen-bond donors (Lipinski definition) is 1. The van der Waals surface area contributed by atoms with Crippen molar-refractivity contribution in [1.29, 1.82) is 0 Å². The maximum absolute atomic E-state index is 11.7. The largest absolute Gasteiger partial charge is 0.371 e. The Morgan fingerprint density at radius 2 is 1.80 bits per heavy atom. The number of benzene rings is 1. The summed E-state index contributed by atoms with van der Waals surface area (Å²) in [7, 11) is 0. The van der Waals surface area contributed by atoms with Gasteiger partial charge < -0.3 is 4.90 Å². The van der Waals surface area contributed by atoms with E-state index in [4.69, 9.17) is 0 Å². The second-order valence-corrected chi connectivity index (χ2v) is 7.39. The smallest absolute Gasteiger partial charge is 0.232 e. The average Bonchev–Trinajstić information content (AvgIpc) is 2.62. The van der Waals surface area contributed by atoms with Crippen molar-refractivity contribution in [3.05, 3.63) is 23.8 Å². The normalized spacial score (nSPS) is 14.8. The molecule has 1 heterocycles. The van der Waals surface area contributed by atoms with E-state index in [1.807, 2.05) is 27.7 Å². The lowest BCUT2D eigenvalue weighted by atomic mass is 9.93. The minimum atomic E-state index is -0.00958. The molecule has 0 aliphatic carbocycles. The molecule has 1 saturated heterocycles. The molecule has 4 nitrogen and oxygen atoms in total. The van der Waals surface area contributed by atoms with Crippen LogP contribution in [0.15, 0.2) is 23.1 Å². The van der Waals surface area contributed by atoms with Crippen molar-refractivity contribution in [1.82, 2.24) is 4.72 Å². The topological polar surface area (TPSA) is 49.4 Å². The van der Waals surface area contributed by atoms with Gasteiger partial charge in [0.2, 0.25) is 5.91 Å². The molecule has 1 N–H and O–H groups in total. The molecule has 1 aliphatic heterocycles. The number of ketones is 1. The second kappa shape index (κ2) is 10.5. The zero-order valence-corrected chi connectivity index (χ0v) is 17.2. The van der Waals surface area contributed by atoms with Crippen molar-refractivity contribution < 1.29 is 9.59 Å². The summed E-state index contributed by atoms with van der Waals surface area (Å²) >= 11 is 1.38. The van der Waals surface area contributed by atoms with Gasteiger partial charge in [0, 0.05) is 35.5 Å². The first-order chi connectivity index (χ1) is 11.9. The highest BCUT2D eigenvalue weighted by molar-refractivity contribution is 7.98. The summed E-state index contributed by atoms with van der Waals surface area (Å²) in [5.41, 5.74) is 2.36. The van der Waals surface area contributed by atoms with Crippen LogP contribution >= 0.6 is 11.9 Å². The Morgan fingerprint density at radius 3 is 2.28 bits per heavy atom. The van der Waals surface area contributed by atoms with E-state index in [0.29, 0.717) is 5.78 Å². The van der Waals surface area contributed by atoms with E-state index in [1.54, 1.807) is 6.92 Å². The predicted molar refractivity (Wildman–Crippen MR) is 107 cm³/mol. The van der Waals surface area contributed by atoms with Crippen LogP contribution in [-0.2, 0) is 9.59 Å². The maximum Gasteiger partial charge on any atom is 0.232 e. The highest BCUT2D eigenvalue weighted by Gasteiger charge is 2.22. The van der Waals surface area contributed by atoms with Gasteiger partial charge in [0.05, 0.1) is 0 Å². The number of nitrogens with one attached hydrogen (secondary N) is 1. The number of aryl methyl sites for hydroxylation is 1. The molecule has 0 radical (unpaired) electrons. The average molecular weight is 365 g/mol.